The van der Waals surface area contributed by atoms with Gasteiger partial charge in [-0.1, -0.05) is 50.2 Å². The molecule has 0 atom stereocenters. The Hall–Kier alpha value is -2.99. The minimum Gasteiger partial charge on any atom is -0.373 e. The zero-order valence-corrected chi connectivity index (χ0v) is 17.6. The number of carbonyl (C=O) groups is 1. The van der Waals surface area contributed by atoms with E-state index in [0.717, 1.165) is 24.4 Å². The first-order valence-corrected chi connectivity index (χ1v) is 10.6. The Morgan fingerprint density at radius 1 is 1.10 bits per heavy atom. The van der Waals surface area contributed by atoms with Crippen LogP contribution in [0.15, 0.2) is 60.9 Å². The van der Waals surface area contributed by atoms with Gasteiger partial charge in [0.25, 0.3) is 5.91 Å². The van der Waals surface area contributed by atoms with Crippen molar-refractivity contribution in [2.24, 2.45) is 0 Å². The number of nitrogens with zero attached hydrogens (tertiary/aromatic N) is 4. The zero-order valence-electron chi connectivity index (χ0n) is 17.6. The average molecular weight is 405 g/mol. The fourth-order valence-electron chi connectivity index (χ4n) is 3.92. The number of piperidine rings is 1. The number of aromatic nitrogens is 3. The molecule has 0 radical (unpaired) electrons. The maximum Gasteiger partial charge on any atom is 0.257 e. The lowest BCUT2D eigenvalue weighted by Gasteiger charge is -2.32. The van der Waals surface area contributed by atoms with E-state index in [9.17, 15) is 4.79 Å². The largest absolute Gasteiger partial charge is 0.373 e. The second-order valence-electron chi connectivity index (χ2n) is 7.99. The lowest BCUT2D eigenvalue weighted by atomic mass is 10.0. The molecule has 4 rings (SSSR count). The normalized spacial score (nSPS) is 15.0. The highest BCUT2D eigenvalue weighted by Crippen LogP contribution is 2.25. The van der Waals surface area contributed by atoms with Gasteiger partial charge in [0.05, 0.1) is 30.2 Å². The molecular weight excluding hydrogens is 376 g/mol. The van der Waals surface area contributed by atoms with Crippen LogP contribution in [0, 0.1) is 0 Å². The predicted molar refractivity (Wildman–Crippen MR) is 116 cm³/mol. The summed E-state index contributed by atoms with van der Waals surface area (Å²) in [5, 5.41) is 4.48. The number of rotatable bonds is 6. The van der Waals surface area contributed by atoms with E-state index in [2.05, 4.69) is 36.1 Å². The Balaban J connectivity index is 1.41. The summed E-state index contributed by atoms with van der Waals surface area (Å²) in [6.45, 7) is 6.18. The summed E-state index contributed by atoms with van der Waals surface area (Å²) in [6, 6.07) is 15.9. The molecule has 1 amide bonds. The van der Waals surface area contributed by atoms with Gasteiger partial charge in [-0.2, -0.15) is 5.10 Å². The van der Waals surface area contributed by atoms with Gasteiger partial charge in [-0.15, -0.1) is 0 Å². The molecule has 1 aliphatic heterocycles. The second kappa shape index (κ2) is 9.22. The summed E-state index contributed by atoms with van der Waals surface area (Å²) in [4.78, 5) is 19.6. The van der Waals surface area contributed by atoms with Crippen molar-refractivity contribution >= 4 is 5.91 Å². The first-order valence-electron chi connectivity index (χ1n) is 10.6. The average Bonchev–Trinajstić information content (AvgIpc) is 3.24. The van der Waals surface area contributed by atoms with E-state index in [1.54, 1.807) is 17.1 Å². The lowest BCUT2D eigenvalue weighted by molar-refractivity contribution is -0.000411. The summed E-state index contributed by atoms with van der Waals surface area (Å²) >= 11 is 0. The zero-order chi connectivity index (χ0) is 20.9. The van der Waals surface area contributed by atoms with Gasteiger partial charge >= 0.3 is 0 Å². The van der Waals surface area contributed by atoms with E-state index in [0.29, 0.717) is 25.3 Å². The third kappa shape index (κ3) is 4.44. The van der Waals surface area contributed by atoms with Crippen molar-refractivity contribution in [3.63, 3.8) is 0 Å². The van der Waals surface area contributed by atoms with Crippen LogP contribution in [0.4, 0.5) is 0 Å². The fourth-order valence-corrected chi connectivity index (χ4v) is 3.92. The van der Waals surface area contributed by atoms with E-state index >= 15 is 0 Å². The standard InChI is InChI=1S/C24H28N4O2/c1-18(2)23-21(16-26-28(23)22-10-6-7-13-25-22)24(29)27-14-11-20(12-15-27)30-17-19-8-4-3-5-9-19/h3-10,13,16,18,20H,11-12,14-15,17H2,1-2H3. The molecule has 1 aromatic carbocycles. The van der Waals surface area contributed by atoms with Crippen molar-refractivity contribution in [3.8, 4) is 5.82 Å². The fraction of sp³-hybridized carbons (Fsp3) is 0.375. The van der Waals surface area contributed by atoms with Crippen LogP contribution in [0.25, 0.3) is 5.82 Å². The van der Waals surface area contributed by atoms with Crippen molar-refractivity contribution in [2.45, 2.75) is 45.3 Å². The van der Waals surface area contributed by atoms with Gasteiger partial charge in [0.15, 0.2) is 5.82 Å². The number of amides is 1. The Bertz CT molecular complexity index is 961. The van der Waals surface area contributed by atoms with Crippen molar-refractivity contribution < 1.29 is 9.53 Å². The Labute approximate surface area is 177 Å². The van der Waals surface area contributed by atoms with E-state index in [1.807, 2.05) is 41.3 Å². The molecule has 0 unspecified atom stereocenters. The maximum absolute atomic E-state index is 13.3. The summed E-state index contributed by atoms with van der Waals surface area (Å²) in [5.74, 6) is 0.927. The van der Waals surface area contributed by atoms with Gasteiger partial charge in [-0.25, -0.2) is 9.67 Å². The van der Waals surface area contributed by atoms with Gasteiger partial charge in [-0.3, -0.25) is 4.79 Å². The van der Waals surface area contributed by atoms with Crippen LogP contribution >= 0.6 is 0 Å². The van der Waals surface area contributed by atoms with Crippen molar-refractivity contribution in [1.82, 2.24) is 19.7 Å². The van der Waals surface area contributed by atoms with Crippen molar-refractivity contribution in [1.29, 1.82) is 0 Å². The van der Waals surface area contributed by atoms with Crippen LogP contribution in [0.1, 0.15) is 54.2 Å². The number of pyridine rings is 1. The molecule has 0 N–H and O–H groups in total. The molecule has 1 saturated heterocycles. The molecule has 156 valence electrons. The molecule has 30 heavy (non-hydrogen) atoms. The molecular formula is C24H28N4O2. The molecule has 0 spiro atoms. The van der Waals surface area contributed by atoms with E-state index in [4.69, 9.17) is 4.74 Å². The number of likely N-dealkylation sites (tertiary alicyclic amines) is 1. The van der Waals surface area contributed by atoms with Gasteiger partial charge in [0.1, 0.15) is 0 Å². The number of carbonyl (C=O) groups excluding carboxylic acids is 1. The highest BCUT2D eigenvalue weighted by molar-refractivity contribution is 5.95. The van der Waals surface area contributed by atoms with E-state index in [1.165, 1.54) is 5.56 Å². The SMILES string of the molecule is CC(C)c1c(C(=O)N2CCC(OCc3ccccc3)CC2)cnn1-c1ccccn1. The Kier molecular flexibility index (Phi) is 6.23. The summed E-state index contributed by atoms with van der Waals surface area (Å²) in [6.07, 6.45) is 5.32. The van der Waals surface area contributed by atoms with Crippen LogP contribution in [0.3, 0.4) is 0 Å². The van der Waals surface area contributed by atoms with Gasteiger partial charge in [-0.05, 0) is 36.5 Å². The smallest absolute Gasteiger partial charge is 0.257 e. The minimum atomic E-state index is 0.0439. The van der Waals surface area contributed by atoms with Crippen molar-refractivity contribution in [3.05, 3.63) is 77.7 Å². The molecule has 3 aromatic rings. The Morgan fingerprint density at radius 3 is 2.50 bits per heavy atom. The van der Waals surface area contributed by atoms with Crippen LogP contribution in [-0.2, 0) is 11.3 Å². The third-order valence-corrected chi connectivity index (χ3v) is 5.51. The molecule has 1 fully saturated rings. The number of benzene rings is 1. The molecule has 0 aliphatic carbocycles. The quantitative estimate of drug-likeness (QED) is 0.617. The number of ether oxygens (including phenoxy) is 1. The molecule has 0 saturated carbocycles. The topological polar surface area (TPSA) is 60.3 Å². The number of hydrogen-bond acceptors (Lipinski definition) is 4. The minimum absolute atomic E-state index is 0.0439. The van der Waals surface area contributed by atoms with Crippen LogP contribution < -0.4 is 0 Å². The van der Waals surface area contributed by atoms with Crippen LogP contribution in [0.5, 0.6) is 0 Å². The Morgan fingerprint density at radius 2 is 1.83 bits per heavy atom. The maximum atomic E-state index is 13.3. The highest BCUT2D eigenvalue weighted by Gasteiger charge is 2.28. The van der Waals surface area contributed by atoms with Gasteiger partial charge < -0.3 is 9.64 Å². The lowest BCUT2D eigenvalue weighted by Crippen LogP contribution is -2.41. The first-order chi connectivity index (χ1) is 14.6. The van der Waals surface area contributed by atoms with E-state index < -0.39 is 0 Å². The third-order valence-electron chi connectivity index (χ3n) is 5.51. The molecule has 2 aromatic heterocycles. The van der Waals surface area contributed by atoms with Gasteiger partial charge in [0.2, 0.25) is 0 Å². The highest BCUT2D eigenvalue weighted by atomic mass is 16.5. The summed E-state index contributed by atoms with van der Waals surface area (Å²) < 4.78 is 7.85. The molecule has 0 bridgehead atoms. The van der Waals surface area contributed by atoms with E-state index in [-0.39, 0.29) is 17.9 Å². The van der Waals surface area contributed by atoms with Crippen LogP contribution in [-0.4, -0.2) is 44.8 Å². The molecule has 6 nitrogen and oxygen atoms in total. The first kappa shape index (κ1) is 20.3. The predicted octanol–water partition coefficient (Wildman–Crippen LogP) is 4.21. The number of hydrogen-bond donors (Lipinski definition) is 0. The van der Waals surface area contributed by atoms with Gasteiger partial charge in [0, 0.05) is 19.3 Å². The summed E-state index contributed by atoms with van der Waals surface area (Å²) in [7, 11) is 0. The summed E-state index contributed by atoms with van der Waals surface area (Å²) in [5.41, 5.74) is 2.75. The second-order valence-corrected chi connectivity index (χ2v) is 7.99. The molecule has 3 heterocycles. The molecule has 6 heteroatoms. The van der Waals surface area contributed by atoms with Crippen molar-refractivity contribution in [2.75, 3.05) is 13.1 Å². The molecule has 1 aliphatic rings. The monoisotopic (exact) mass is 404 g/mol. The van der Waals surface area contributed by atoms with Crippen LogP contribution in [0.2, 0.25) is 0 Å².